The smallest absolute Gasteiger partial charge is 0.279 e. The Morgan fingerprint density at radius 2 is 1.80 bits per heavy atom. The highest BCUT2D eigenvalue weighted by atomic mass is 32.2. The van der Waals surface area contributed by atoms with Gasteiger partial charge in [0.25, 0.3) is 10.2 Å². The van der Waals surface area contributed by atoms with Gasteiger partial charge in [-0.15, -0.1) is 0 Å². The fourth-order valence-electron chi connectivity index (χ4n) is 2.70. The van der Waals surface area contributed by atoms with Crippen LogP contribution in [0.3, 0.4) is 0 Å². The molecule has 0 spiro atoms. The zero-order chi connectivity index (χ0) is 15.6. The van der Waals surface area contributed by atoms with Crippen LogP contribution in [0.25, 0.3) is 0 Å². The Bertz CT molecular complexity index is 407. The highest BCUT2D eigenvalue weighted by molar-refractivity contribution is 7.87. The van der Waals surface area contributed by atoms with Crippen molar-refractivity contribution in [1.29, 1.82) is 0 Å². The summed E-state index contributed by atoms with van der Waals surface area (Å²) in [5.74, 6) is 0.595. The van der Waals surface area contributed by atoms with Crippen LogP contribution in [0.15, 0.2) is 0 Å². The van der Waals surface area contributed by atoms with Crippen LogP contribution in [0.1, 0.15) is 53.4 Å². The molecule has 0 aliphatic heterocycles. The Morgan fingerprint density at radius 3 is 2.20 bits per heavy atom. The maximum absolute atomic E-state index is 11.9. The monoisotopic (exact) mass is 306 g/mol. The van der Waals surface area contributed by atoms with Gasteiger partial charge in [0.1, 0.15) is 0 Å². The maximum Gasteiger partial charge on any atom is 0.279 e. The number of hydrogen-bond donors (Lipinski definition) is 2. The largest absolute Gasteiger partial charge is 0.389 e. The van der Waals surface area contributed by atoms with Crippen LogP contribution in [-0.2, 0) is 10.2 Å². The lowest BCUT2D eigenvalue weighted by Gasteiger charge is -2.41. The van der Waals surface area contributed by atoms with E-state index in [9.17, 15) is 13.5 Å². The third kappa shape index (κ3) is 4.69. The van der Waals surface area contributed by atoms with Gasteiger partial charge in [-0.2, -0.15) is 17.4 Å². The van der Waals surface area contributed by atoms with Crippen LogP contribution in [0.4, 0.5) is 0 Å². The minimum atomic E-state index is -3.47. The molecule has 0 radical (unpaired) electrons. The molecule has 0 aromatic heterocycles. The molecule has 120 valence electrons. The van der Waals surface area contributed by atoms with Crippen molar-refractivity contribution in [3.63, 3.8) is 0 Å². The predicted molar refractivity (Wildman–Crippen MR) is 81.6 cm³/mol. The molecule has 1 saturated carbocycles. The second-order valence-electron chi connectivity index (χ2n) is 7.10. The Hall–Kier alpha value is -0.170. The molecular formula is C14H30N2O3S. The Balaban J connectivity index is 2.54. The van der Waals surface area contributed by atoms with E-state index in [0.29, 0.717) is 25.3 Å². The van der Waals surface area contributed by atoms with Gasteiger partial charge in [-0.05, 0) is 37.0 Å². The molecule has 1 rings (SSSR count). The zero-order valence-corrected chi connectivity index (χ0v) is 14.3. The summed E-state index contributed by atoms with van der Waals surface area (Å²) in [5, 5.41) is 10.5. The van der Waals surface area contributed by atoms with Gasteiger partial charge < -0.3 is 5.11 Å². The van der Waals surface area contributed by atoms with Crippen molar-refractivity contribution < 1.29 is 13.5 Å². The summed E-state index contributed by atoms with van der Waals surface area (Å²) in [4.78, 5) is 0. The van der Waals surface area contributed by atoms with Crippen LogP contribution in [-0.4, -0.2) is 43.6 Å². The van der Waals surface area contributed by atoms with Crippen molar-refractivity contribution in [3.05, 3.63) is 0 Å². The fourth-order valence-corrected chi connectivity index (χ4v) is 3.72. The summed E-state index contributed by atoms with van der Waals surface area (Å²) in [6, 6.07) is 0. The quantitative estimate of drug-likeness (QED) is 0.813. The minimum absolute atomic E-state index is 0.108. The number of nitrogens with one attached hydrogen (secondary N) is 1. The number of rotatable bonds is 5. The summed E-state index contributed by atoms with van der Waals surface area (Å²) in [5.41, 5.74) is -0.646. The van der Waals surface area contributed by atoms with Crippen molar-refractivity contribution >= 4 is 10.2 Å². The summed E-state index contributed by atoms with van der Waals surface area (Å²) in [7, 11) is -1.94. The molecule has 1 aliphatic rings. The van der Waals surface area contributed by atoms with E-state index in [-0.39, 0.29) is 12.0 Å². The van der Waals surface area contributed by atoms with Gasteiger partial charge in [-0.3, -0.25) is 0 Å². The van der Waals surface area contributed by atoms with E-state index >= 15 is 0 Å². The molecule has 2 N–H and O–H groups in total. The van der Waals surface area contributed by atoms with E-state index in [1.165, 1.54) is 11.4 Å². The van der Waals surface area contributed by atoms with E-state index in [2.05, 4.69) is 25.5 Å². The normalized spacial score (nSPS) is 28.9. The average Bonchev–Trinajstić information content (AvgIpc) is 2.35. The molecule has 1 aliphatic carbocycles. The maximum atomic E-state index is 11.9. The Kier molecular flexibility index (Phi) is 5.63. The van der Waals surface area contributed by atoms with E-state index in [4.69, 9.17) is 0 Å². The number of aliphatic hydroxyl groups is 1. The highest BCUT2D eigenvalue weighted by Gasteiger charge is 2.38. The van der Waals surface area contributed by atoms with Crippen molar-refractivity contribution in [3.8, 4) is 0 Å². The van der Waals surface area contributed by atoms with Gasteiger partial charge >= 0.3 is 0 Å². The van der Waals surface area contributed by atoms with Crippen LogP contribution in [0, 0.1) is 11.3 Å². The van der Waals surface area contributed by atoms with E-state index in [1.54, 1.807) is 6.92 Å². The van der Waals surface area contributed by atoms with Gasteiger partial charge in [-0.1, -0.05) is 27.7 Å². The van der Waals surface area contributed by atoms with Crippen LogP contribution in [0.5, 0.6) is 0 Å². The lowest BCUT2D eigenvalue weighted by atomic mass is 9.68. The number of hydrogen-bond acceptors (Lipinski definition) is 3. The summed E-state index contributed by atoms with van der Waals surface area (Å²) < 4.78 is 27.5. The number of nitrogens with zero attached hydrogens (tertiary/aromatic N) is 1. The van der Waals surface area contributed by atoms with E-state index in [1.807, 2.05) is 0 Å². The Labute approximate surface area is 123 Å². The SMILES string of the molecule is CCN(C)S(=O)(=O)NCC1(O)CCC(C(C)(C)C)CC1. The molecule has 0 atom stereocenters. The van der Waals surface area contributed by atoms with Gasteiger partial charge in [0.15, 0.2) is 0 Å². The fraction of sp³-hybridized carbons (Fsp3) is 1.00. The van der Waals surface area contributed by atoms with Gasteiger partial charge in [0.05, 0.1) is 5.60 Å². The lowest BCUT2D eigenvalue weighted by molar-refractivity contribution is -0.0203. The van der Waals surface area contributed by atoms with Crippen LogP contribution in [0.2, 0.25) is 0 Å². The molecular weight excluding hydrogens is 276 g/mol. The summed E-state index contributed by atoms with van der Waals surface area (Å²) in [6.07, 6.45) is 3.22. The third-order valence-corrected chi connectivity index (χ3v) is 6.17. The Morgan fingerprint density at radius 1 is 1.30 bits per heavy atom. The summed E-state index contributed by atoms with van der Waals surface area (Å²) in [6.45, 7) is 8.97. The molecule has 0 aromatic rings. The van der Waals surface area contributed by atoms with Gasteiger partial charge in [0.2, 0.25) is 0 Å². The molecule has 0 saturated heterocycles. The van der Waals surface area contributed by atoms with Gasteiger partial charge in [0, 0.05) is 20.1 Å². The molecule has 0 amide bonds. The topological polar surface area (TPSA) is 69.6 Å². The molecule has 0 bridgehead atoms. The molecule has 5 nitrogen and oxygen atoms in total. The summed E-state index contributed by atoms with van der Waals surface area (Å²) >= 11 is 0. The second kappa shape index (κ2) is 6.30. The third-order valence-electron chi connectivity index (χ3n) is 4.58. The predicted octanol–water partition coefficient (Wildman–Crippen LogP) is 1.74. The first-order valence-corrected chi connectivity index (χ1v) is 8.87. The first-order valence-electron chi connectivity index (χ1n) is 7.43. The molecule has 0 aromatic carbocycles. The van der Waals surface area contributed by atoms with E-state index < -0.39 is 15.8 Å². The van der Waals surface area contributed by atoms with Gasteiger partial charge in [-0.25, -0.2) is 0 Å². The minimum Gasteiger partial charge on any atom is -0.389 e. The molecule has 1 fully saturated rings. The molecule has 0 unspecified atom stereocenters. The first-order chi connectivity index (χ1) is 9.00. The average molecular weight is 306 g/mol. The van der Waals surface area contributed by atoms with Crippen LogP contribution >= 0.6 is 0 Å². The zero-order valence-electron chi connectivity index (χ0n) is 13.4. The van der Waals surface area contributed by atoms with Crippen molar-refractivity contribution in [2.75, 3.05) is 20.1 Å². The van der Waals surface area contributed by atoms with E-state index in [0.717, 1.165) is 12.8 Å². The highest BCUT2D eigenvalue weighted by Crippen LogP contribution is 2.41. The first kappa shape index (κ1) is 17.9. The van der Waals surface area contributed by atoms with Crippen molar-refractivity contribution in [2.24, 2.45) is 11.3 Å². The second-order valence-corrected chi connectivity index (χ2v) is 8.97. The van der Waals surface area contributed by atoms with Crippen LogP contribution < -0.4 is 4.72 Å². The lowest BCUT2D eigenvalue weighted by Crippen LogP contribution is -2.49. The molecule has 0 heterocycles. The van der Waals surface area contributed by atoms with Crippen molar-refractivity contribution in [1.82, 2.24) is 9.03 Å². The standard InChI is InChI=1S/C14H30N2O3S/c1-6-16(5)20(18,19)15-11-14(17)9-7-12(8-10-14)13(2,3)4/h12,15,17H,6-11H2,1-5H3. The molecule has 20 heavy (non-hydrogen) atoms. The molecule has 6 heteroatoms. The van der Waals surface area contributed by atoms with Crippen molar-refractivity contribution in [2.45, 2.75) is 59.0 Å².